The summed E-state index contributed by atoms with van der Waals surface area (Å²) in [4.78, 5) is 22.2. The molecule has 1 aromatic rings. The van der Waals surface area contributed by atoms with Crippen molar-refractivity contribution in [1.82, 2.24) is 0 Å². The van der Waals surface area contributed by atoms with Gasteiger partial charge in [-0.15, -0.1) is 23.1 Å². The average molecular weight is 257 g/mol. The van der Waals surface area contributed by atoms with E-state index in [4.69, 9.17) is 5.11 Å². The van der Waals surface area contributed by atoms with E-state index in [0.29, 0.717) is 5.00 Å². The molecular weight excluding hydrogens is 246 g/mol. The number of carbonyl (C=O) groups excluding carboxylic acids is 1. The topological polar surface area (TPSA) is 66.4 Å². The standard InChI is InChI=1S/C10H11NO3S2/c1-5(12)11-8-7(9(13)14)6-3-2-4-15-10(6)16-8/h2-4H2,1H3,(H,11,12)(H,13,14). The van der Waals surface area contributed by atoms with Crippen LogP contribution < -0.4 is 5.32 Å². The number of fused-ring (bicyclic) bond motifs is 1. The minimum atomic E-state index is -0.955. The van der Waals surface area contributed by atoms with E-state index in [-0.39, 0.29) is 11.5 Å². The Morgan fingerprint density at radius 1 is 1.44 bits per heavy atom. The van der Waals surface area contributed by atoms with Gasteiger partial charge in [0.15, 0.2) is 0 Å². The number of carboxylic acids is 1. The normalized spacial score (nSPS) is 14.3. The molecule has 0 atom stereocenters. The number of thiophene rings is 1. The molecule has 0 saturated heterocycles. The first kappa shape index (κ1) is 11.5. The van der Waals surface area contributed by atoms with Crippen molar-refractivity contribution in [2.24, 2.45) is 0 Å². The van der Waals surface area contributed by atoms with Crippen LogP contribution in [0, 0.1) is 0 Å². The van der Waals surface area contributed by atoms with Crippen molar-refractivity contribution in [1.29, 1.82) is 0 Å². The Morgan fingerprint density at radius 2 is 2.19 bits per heavy atom. The Labute approximate surface area is 101 Å². The summed E-state index contributed by atoms with van der Waals surface area (Å²) < 4.78 is 1.03. The summed E-state index contributed by atoms with van der Waals surface area (Å²) in [6.45, 7) is 1.39. The van der Waals surface area contributed by atoms with Gasteiger partial charge < -0.3 is 10.4 Å². The third-order valence-electron chi connectivity index (χ3n) is 2.28. The highest BCUT2D eigenvalue weighted by Crippen LogP contribution is 2.43. The van der Waals surface area contributed by atoms with Crippen molar-refractivity contribution < 1.29 is 14.7 Å². The van der Waals surface area contributed by atoms with E-state index >= 15 is 0 Å². The lowest BCUT2D eigenvalue weighted by Gasteiger charge is -2.10. The second-order valence-corrected chi connectivity index (χ2v) is 5.89. The summed E-state index contributed by atoms with van der Waals surface area (Å²) >= 11 is 3.04. The Bertz CT molecular complexity index is 453. The van der Waals surface area contributed by atoms with Crippen LogP contribution in [0.3, 0.4) is 0 Å². The number of aromatic carboxylic acids is 1. The molecule has 2 heterocycles. The molecule has 0 aromatic carbocycles. The lowest BCUT2D eigenvalue weighted by atomic mass is 10.1. The molecule has 1 aromatic heterocycles. The first-order valence-corrected chi connectivity index (χ1v) is 6.69. The van der Waals surface area contributed by atoms with E-state index in [0.717, 1.165) is 28.4 Å². The molecule has 6 heteroatoms. The molecule has 16 heavy (non-hydrogen) atoms. The Morgan fingerprint density at radius 3 is 2.81 bits per heavy atom. The molecule has 0 saturated carbocycles. The number of thioether (sulfide) groups is 1. The second-order valence-electron chi connectivity index (χ2n) is 3.51. The molecule has 0 unspecified atom stereocenters. The van der Waals surface area contributed by atoms with Gasteiger partial charge in [-0.1, -0.05) is 0 Å². The van der Waals surface area contributed by atoms with Crippen molar-refractivity contribution >= 4 is 40.0 Å². The summed E-state index contributed by atoms with van der Waals surface area (Å²) in [6, 6.07) is 0. The molecule has 4 nitrogen and oxygen atoms in total. The van der Waals surface area contributed by atoms with Crippen LogP contribution in [0.25, 0.3) is 0 Å². The molecule has 2 rings (SSSR count). The molecule has 0 fully saturated rings. The lowest BCUT2D eigenvalue weighted by Crippen LogP contribution is -2.10. The predicted octanol–water partition coefficient (Wildman–Crippen LogP) is 2.44. The molecule has 1 aliphatic rings. The first-order chi connectivity index (χ1) is 7.59. The van der Waals surface area contributed by atoms with Crippen molar-refractivity contribution in [2.75, 3.05) is 11.1 Å². The summed E-state index contributed by atoms with van der Waals surface area (Å²) in [5.74, 6) is -0.165. The molecule has 1 amide bonds. The van der Waals surface area contributed by atoms with Crippen LogP contribution >= 0.6 is 23.1 Å². The number of anilines is 1. The molecule has 2 N–H and O–H groups in total. The zero-order valence-corrected chi connectivity index (χ0v) is 10.3. The molecule has 1 aliphatic heterocycles. The van der Waals surface area contributed by atoms with Crippen LogP contribution in [0.15, 0.2) is 4.21 Å². The van der Waals surface area contributed by atoms with E-state index in [1.54, 1.807) is 11.8 Å². The Balaban J connectivity index is 2.47. The van der Waals surface area contributed by atoms with Crippen LogP contribution in [-0.2, 0) is 11.2 Å². The number of hydrogen-bond acceptors (Lipinski definition) is 4. The van der Waals surface area contributed by atoms with Crippen LogP contribution in [0.1, 0.15) is 29.3 Å². The summed E-state index contributed by atoms with van der Waals surface area (Å²) in [5, 5.41) is 12.2. The fraction of sp³-hybridized carbons (Fsp3) is 0.400. The third-order valence-corrected chi connectivity index (χ3v) is 4.82. The van der Waals surface area contributed by atoms with Crippen molar-refractivity contribution in [3.63, 3.8) is 0 Å². The fourth-order valence-electron chi connectivity index (χ4n) is 1.68. The minimum Gasteiger partial charge on any atom is -0.478 e. The van der Waals surface area contributed by atoms with Crippen molar-refractivity contribution in [3.8, 4) is 0 Å². The number of nitrogens with one attached hydrogen (secondary N) is 1. The van der Waals surface area contributed by atoms with Gasteiger partial charge in [0.1, 0.15) is 5.00 Å². The van der Waals surface area contributed by atoms with E-state index in [9.17, 15) is 9.59 Å². The first-order valence-electron chi connectivity index (χ1n) is 4.89. The van der Waals surface area contributed by atoms with Gasteiger partial charge >= 0.3 is 5.97 Å². The quantitative estimate of drug-likeness (QED) is 0.854. The van der Waals surface area contributed by atoms with Crippen LogP contribution in [0.2, 0.25) is 0 Å². The monoisotopic (exact) mass is 257 g/mol. The zero-order chi connectivity index (χ0) is 11.7. The zero-order valence-electron chi connectivity index (χ0n) is 8.70. The SMILES string of the molecule is CC(=O)Nc1sc2c(c1C(=O)O)CCCS2. The number of carboxylic acid groups (broad SMARTS) is 1. The van der Waals surface area contributed by atoms with Crippen molar-refractivity contribution in [3.05, 3.63) is 11.1 Å². The summed E-state index contributed by atoms with van der Waals surface area (Å²) in [6.07, 6.45) is 1.79. The fourth-order valence-corrected chi connectivity index (χ4v) is 4.28. The predicted molar refractivity (Wildman–Crippen MR) is 64.6 cm³/mol. The highest BCUT2D eigenvalue weighted by Gasteiger charge is 2.25. The second kappa shape index (κ2) is 4.47. The van der Waals surface area contributed by atoms with E-state index in [2.05, 4.69) is 5.32 Å². The highest BCUT2D eigenvalue weighted by atomic mass is 32.2. The number of amides is 1. The van der Waals surface area contributed by atoms with E-state index in [1.165, 1.54) is 18.3 Å². The van der Waals surface area contributed by atoms with Gasteiger partial charge in [0.2, 0.25) is 5.91 Å². The summed E-state index contributed by atoms with van der Waals surface area (Å²) in [5.41, 5.74) is 1.17. The Kier molecular flexibility index (Phi) is 3.20. The van der Waals surface area contributed by atoms with Crippen LogP contribution in [0.5, 0.6) is 0 Å². The van der Waals surface area contributed by atoms with Gasteiger partial charge in [-0.05, 0) is 24.2 Å². The molecule has 0 radical (unpaired) electrons. The largest absolute Gasteiger partial charge is 0.478 e. The van der Waals surface area contributed by atoms with E-state index in [1.807, 2.05) is 0 Å². The van der Waals surface area contributed by atoms with Gasteiger partial charge in [-0.2, -0.15) is 0 Å². The van der Waals surface area contributed by atoms with Crippen LogP contribution in [0.4, 0.5) is 5.00 Å². The average Bonchev–Trinajstić information content (AvgIpc) is 2.53. The molecular formula is C10H11NO3S2. The van der Waals surface area contributed by atoms with Gasteiger partial charge in [0.05, 0.1) is 9.77 Å². The van der Waals surface area contributed by atoms with Crippen LogP contribution in [-0.4, -0.2) is 22.7 Å². The van der Waals surface area contributed by atoms with Gasteiger partial charge in [-0.3, -0.25) is 4.79 Å². The number of carbonyl (C=O) groups is 2. The maximum absolute atomic E-state index is 11.2. The van der Waals surface area contributed by atoms with Crippen molar-refractivity contribution in [2.45, 2.75) is 24.0 Å². The third kappa shape index (κ3) is 2.08. The van der Waals surface area contributed by atoms with Gasteiger partial charge in [-0.25, -0.2) is 4.79 Å². The number of rotatable bonds is 2. The smallest absolute Gasteiger partial charge is 0.339 e. The summed E-state index contributed by atoms with van der Waals surface area (Å²) in [7, 11) is 0. The van der Waals surface area contributed by atoms with E-state index < -0.39 is 5.97 Å². The molecule has 0 spiro atoms. The highest BCUT2D eigenvalue weighted by molar-refractivity contribution is 8.01. The molecule has 86 valence electrons. The molecule has 0 bridgehead atoms. The number of hydrogen-bond donors (Lipinski definition) is 2. The lowest BCUT2D eigenvalue weighted by molar-refractivity contribution is -0.114. The molecule has 0 aliphatic carbocycles. The maximum atomic E-state index is 11.2. The minimum absolute atomic E-state index is 0.230. The maximum Gasteiger partial charge on any atom is 0.339 e. The van der Waals surface area contributed by atoms with Gasteiger partial charge in [0.25, 0.3) is 0 Å². The van der Waals surface area contributed by atoms with Gasteiger partial charge in [0, 0.05) is 6.92 Å². The Hall–Kier alpha value is -1.01.